The van der Waals surface area contributed by atoms with Gasteiger partial charge in [-0.15, -0.1) is 11.3 Å². The van der Waals surface area contributed by atoms with E-state index in [0.717, 1.165) is 16.1 Å². The number of benzene rings is 1. The monoisotopic (exact) mass is 376 g/mol. The van der Waals surface area contributed by atoms with Crippen molar-refractivity contribution in [2.24, 2.45) is 7.05 Å². The number of ether oxygens (including phenoxy) is 1. The van der Waals surface area contributed by atoms with Crippen molar-refractivity contribution >= 4 is 17.3 Å². The zero-order chi connectivity index (χ0) is 18.6. The minimum atomic E-state index is -0.594. The molecule has 27 heavy (non-hydrogen) atoms. The Morgan fingerprint density at radius 3 is 2.67 bits per heavy atom. The average molecular weight is 376 g/mol. The van der Waals surface area contributed by atoms with Gasteiger partial charge >= 0.3 is 5.97 Å². The van der Waals surface area contributed by atoms with Crippen LogP contribution in [0.3, 0.4) is 0 Å². The lowest BCUT2D eigenvalue weighted by Crippen LogP contribution is -2.14. The van der Waals surface area contributed by atoms with Gasteiger partial charge in [-0.2, -0.15) is 5.10 Å². The molecule has 0 saturated carbocycles. The zero-order valence-electron chi connectivity index (χ0n) is 14.5. The number of rotatable bonds is 5. The largest absolute Gasteiger partial charge is 0.446 e. The Kier molecular flexibility index (Phi) is 4.76. The molecule has 3 heterocycles. The van der Waals surface area contributed by atoms with Gasteiger partial charge in [-0.25, -0.2) is 9.78 Å². The highest BCUT2D eigenvalue weighted by Gasteiger charge is 2.23. The molecule has 1 aromatic carbocycles. The predicted molar refractivity (Wildman–Crippen MR) is 102 cm³/mol. The quantitative estimate of drug-likeness (QED) is 0.494. The van der Waals surface area contributed by atoms with E-state index < -0.39 is 12.1 Å². The molecule has 0 bridgehead atoms. The van der Waals surface area contributed by atoms with Gasteiger partial charge in [-0.3, -0.25) is 9.67 Å². The molecule has 0 fully saturated rings. The SMILES string of the molecule is Cn1cc(-c2nc(C(=O)OC(c3ccccc3)c3ccccn3)cs2)cn1. The lowest BCUT2D eigenvalue weighted by molar-refractivity contribution is 0.0364. The maximum atomic E-state index is 12.7. The second kappa shape index (κ2) is 7.51. The number of carbonyl (C=O) groups excluding carboxylic acids is 1. The van der Waals surface area contributed by atoms with Gasteiger partial charge in [0.25, 0.3) is 0 Å². The van der Waals surface area contributed by atoms with Gasteiger partial charge in [-0.1, -0.05) is 36.4 Å². The van der Waals surface area contributed by atoms with Crippen molar-refractivity contribution in [3.05, 3.63) is 89.5 Å². The third kappa shape index (κ3) is 3.78. The number of aryl methyl sites for hydroxylation is 1. The van der Waals surface area contributed by atoms with E-state index in [4.69, 9.17) is 4.74 Å². The van der Waals surface area contributed by atoms with Crippen LogP contribution in [-0.2, 0) is 11.8 Å². The zero-order valence-corrected chi connectivity index (χ0v) is 15.3. The molecule has 0 aliphatic rings. The maximum absolute atomic E-state index is 12.7. The van der Waals surface area contributed by atoms with Gasteiger partial charge in [0.05, 0.1) is 11.9 Å². The van der Waals surface area contributed by atoms with Crippen molar-refractivity contribution < 1.29 is 9.53 Å². The van der Waals surface area contributed by atoms with Crippen molar-refractivity contribution in [1.29, 1.82) is 0 Å². The van der Waals surface area contributed by atoms with Crippen LogP contribution < -0.4 is 0 Å². The topological polar surface area (TPSA) is 69.9 Å². The summed E-state index contributed by atoms with van der Waals surface area (Å²) in [7, 11) is 1.84. The van der Waals surface area contributed by atoms with Gasteiger partial charge in [0.2, 0.25) is 0 Å². The minimum Gasteiger partial charge on any atom is -0.446 e. The third-order valence-corrected chi connectivity index (χ3v) is 4.84. The van der Waals surface area contributed by atoms with Crippen molar-refractivity contribution in [2.75, 3.05) is 0 Å². The molecule has 0 spiro atoms. The Bertz CT molecular complexity index is 1000. The smallest absolute Gasteiger partial charge is 0.358 e. The average Bonchev–Trinajstić information content (AvgIpc) is 3.36. The minimum absolute atomic E-state index is 0.274. The Morgan fingerprint density at radius 1 is 1.15 bits per heavy atom. The summed E-state index contributed by atoms with van der Waals surface area (Å²) in [5, 5.41) is 6.56. The first-order valence-corrected chi connectivity index (χ1v) is 9.20. The Balaban J connectivity index is 1.60. The molecule has 0 radical (unpaired) electrons. The van der Waals surface area contributed by atoms with E-state index in [2.05, 4.69) is 15.1 Å². The van der Waals surface area contributed by atoms with E-state index in [1.807, 2.05) is 61.8 Å². The van der Waals surface area contributed by atoms with Gasteiger partial charge in [0, 0.05) is 30.4 Å². The van der Waals surface area contributed by atoms with Crippen LogP contribution in [0.4, 0.5) is 0 Å². The number of hydrogen-bond acceptors (Lipinski definition) is 6. The number of aromatic nitrogens is 4. The number of carbonyl (C=O) groups is 1. The van der Waals surface area contributed by atoms with Crippen LogP contribution in [0.2, 0.25) is 0 Å². The summed E-state index contributed by atoms with van der Waals surface area (Å²) in [5.41, 5.74) is 2.66. The number of pyridine rings is 1. The molecule has 4 aromatic rings. The van der Waals surface area contributed by atoms with Gasteiger partial charge < -0.3 is 4.74 Å². The molecule has 3 aromatic heterocycles. The van der Waals surface area contributed by atoms with Crippen LogP contribution in [-0.4, -0.2) is 25.7 Å². The van der Waals surface area contributed by atoms with E-state index in [0.29, 0.717) is 5.69 Å². The van der Waals surface area contributed by atoms with Gasteiger partial charge in [0.1, 0.15) is 5.01 Å². The van der Waals surface area contributed by atoms with Crippen LogP contribution in [0.1, 0.15) is 27.8 Å². The first-order valence-electron chi connectivity index (χ1n) is 8.32. The van der Waals surface area contributed by atoms with Crippen LogP contribution in [0.5, 0.6) is 0 Å². The Hall–Kier alpha value is -3.32. The normalized spacial score (nSPS) is 11.9. The van der Waals surface area contributed by atoms with E-state index in [1.54, 1.807) is 22.5 Å². The fraction of sp³-hybridized carbons (Fsp3) is 0.100. The lowest BCUT2D eigenvalue weighted by Gasteiger charge is -2.17. The molecule has 0 aliphatic carbocycles. The second-order valence-electron chi connectivity index (χ2n) is 5.89. The van der Waals surface area contributed by atoms with Crippen LogP contribution >= 0.6 is 11.3 Å². The lowest BCUT2D eigenvalue weighted by atomic mass is 10.1. The van der Waals surface area contributed by atoms with Crippen molar-refractivity contribution in [3.63, 3.8) is 0 Å². The van der Waals surface area contributed by atoms with Crippen molar-refractivity contribution in [1.82, 2.24) is 19.7 Å². The Labute approximate surface area is 160 Å². The molecule has 0 aliphatic heterocycles. The third-order valence-electron chi connectivity index (χ3n) is 3.95. The Morgan fingerprint density at radius 2 is 1.96 bits per heavy atom. The number of nitrogens with zero attached hydrogens (tertiary/aromatic N) is 4. The summed E-state index contributed by atoms with van der Waals surface area (Å²) < 4.78 is 7.48. The summed E-state index contributed by atoms with van der Waals surface area (Å²) in [4.78, 5) is 21.5. The summed E-state index contributed by atoms with van der Waals surface area (Å²) in [6.45, 7) is 0. The highest BCUT2D eigenvalue weighted by atomic mass is 32.1. The van der Waals surface area contributed by atoms with E-state index >= 15 is 0 Å². The van der Waals surface area contributed by atoms with Crippen molar-refractivity contribution in [2.45, 2.75) is 6.10 Å². The molecular formula is C20H16N4O2S. The number of hydrogen-bond donors (Lipinski definition) is 0. The molecule has 7 heteroatoms. The van der Waals surface area contributed by atoms with Crippen LogP contribution in [0.25, 0.3) is 10.6 Å². The van der Waals surface area contributed by atoms with Gasteiger partial charge in [-0.05, 0) is 17.7 Å². The highest BCUT2D eigenvalue weighted by Crippen LogP contribution is 2.27. The molecule has 4 rings (SSSR count). The fourth-order valence-corrected chi connectivity index (χ4v) is 3.42. The summed E-state index contributed by atoms with van der Waals surface area (Å²) in [5.74, 6) is -0.485. The second-order valence-corrected chi connectivity index (χ2v) is 6.75. The van der Waals surface area contributed by atoms with Crippen LogP contribution in [0.15, 0.2) is 72.5 Å². The summed E-state index contributed by atoms with van der Waals surface area (Å²) >= 11 is 1.38. The highest BCUT2D eigenvalue weighted by molar-refractivity contribution is 7.13. The molecule has 0 saturated heterocycles. The first-order chi connectivity index (χ1) is 13.2. The fourth-order valence-electron chi connectivity index (χ4n) is 2.66. The molecule has 1 atom stereocenters. The van der Waals surface area contributed by atoms with Crippen LogP contribution in [0, 0.1) is 0 Å². The number of thiazole rings is 1. The van der Waals surface area contributed by atoms with E-state index in [1.165, 1.54) is 11.3 Å². The number of esters is 1. The molecule has 134 valence electrons. The van der Waals surface area contributed by atoms with E-state index in [-0.39, 0.29) is 5.69 Å². The van der Waals surface area contributed by atoms with Crippen molar-refractivity contribution in [3.8, 4) is 10.6 Å². The van der Waals surface area contributed by atoms with Gasteiger partial charge in [0.15, 0.2) is 11.8 Å². The molecule has 0 N–H and O–H groups in total. The molecule has 6 nitrogen and oxygen atoms in total. The molecule has 0 amide bonds. The molecule has 1 unspecified atom stereocenters. The summed E-state index contributed by atoms with van der Waals surface area (Å²) in [6, 6.07) is 15.1. The molecular weight excluding hydrogens is 360 g/mol. The standard InChI is InChI=1S/C20H16N4O2S/c1-24-12-15(11-22-24)19-23-17(13-27-19)20(25)26-18(14-7-3-2-4-8-14)16-9-5-6-10-21-16/h2-13,18H,1H3. The maximum Gasteiger partial charge on any atom is 0.358 e. The van der Waals surface area contributed by atoms with E-state index in [9.17, 15) is 4.79 Å². The first kappa shape index (κ1) is 17.1. The summed E-state index contributed by atoms with van der Waals surface area (Å²) in [6.07, 6.45) is 4.66. The predicted octanol–water partition coefficient (Wildman–Crippen LogP) is 3.89.